The number of thiophene rings is 1. The Hall–Kier alpha value is -0.630. The highest BCUT2D eigenvalue weighted by Gasteiger charge is 2.29. The molecule has 5 nitrogen and oxygen atoms in total. The summed E-state index contributed by atoms with van der Waals surface area (Å²) in [4.78, 5) is 13.3. The lowest BCUT2D eigenvalue weighted by atomic mass is 10.3. The summed E-state index contributed by atoms with van der Waals surface area (Å²) in [6.07, 6.45) is 0. The minimum atomic E-state index is -3.40. The van der Waals surface area contributed by atoms with Gasteiger partial charge in [0, 0.05) is 31.6 Å². The molecule has 0 N–H and O–H groups in total. The van der Waals surface area contributed by atoms with Crippen LogP contribution in [0.15, 0.2) is 21.7 Å². The van der Waals surface area contributed by atoms with Crippen molar-refractivity contribution in [3.63, 3.8) is 0 Å². The maximum absolute atomic E-state index is 12.2. The fourth-order valence-corrected chi connectivity index (χ4v) is 4.42. The molecule has 0 atom stereocenters. The van der Waals surface area contributed by atoms with Crippen molar-refractivity contribution in [1.29, 1.82) is 0 Å². The van der Waals surface area contributed by atoms with Gasteiger partial charge in [-0.1, -0.05) is 0 Å². The minimum absolute atomic E-state index is 0.0583. The smallest absolute Gasteiger partial charge is 0.244 e. The molecule has 0 radical (unpaired) electrons. The molecule has 0 saturated carbocycles. The molecule has 0 aromatic carbocycles. The molecule has 18 heavy (non-hydrogen) atoms. The van der Waals surface area contributed by atoms with E-state index in [-0.39, 0.29) is 11.8 Å². The zero-order chi connectivity index (χ0) is 13.2. The van der Waals surface area contributed by atoms with E-state index in [1.54, 1.807) is 21.7 Å². The van der Waals surface area contributed by atoms with E-state index in [9.17, 15) is 13.2 Å². The lowest BCUT2D eigenvalue weighted by Gasteiger charge is -2.33. The van der Waals surface area contributed by atoms with E-state index in [1.807, 2.05) is 0 Å². The van der Waals surface area contributed by atoms with Gasteiger partial charge in [0.1, 0.15) is 5.88 Å². The van der Waals surface area contributed by atoms with Crippen molar-refractivity contribution in [1.82, 2.24) is 9.21 Å². The SMILES string of the molecule is O=C(CCl)N1CCN(S(=O)(=O)c2ccsc2)CC1. The number of hydrogen-bond acceptors (Lipinski definition) is 4. The predicted octanol–water partition coefficient (Wildman–Crippen LogP) is 0.820. The van der Waals surface area contributed by atoms with E-state index in [2.05, 4.69) is 0 Å². The maximum atomic E-state index is 12.2. The first-order chi connectivity index (χ1) is 8.55. The second kappa shape index (κ2) is 5.56. The van der Waals surface area contributed by atoms with E-state index in [0.29, 0.717) is 31.1 Å². The third-order valence-corrected chi connectivity index (χ3v) is 5.79. The Morgan fingerprint density at radius 1 is 1.33 bits per heavy atom. The van der Waals surface area contributed by atoms with Crippen LogP contribution in [0.25, 0.3) is 0 Å². The van der Waals surface area contributed by atoms with E-state index in [4.69, 9.17) is 11.6 Å². The molecule has 1 amide bonds. The van der Waals surface area contributed by atoms with Crippen molar-refractivity contribution in [3.05, 3.63) is 16.8 Å². The van der Waals surface area contributed by atoms with Gasteiger partial charge in [0.25, 0.3) is 0 Å². The Balaban J connectivity index is 2.04. The van der Waals surface area contributed by atoms with Crippen LogP contribution in [-0.2, 0) is 14.8 Å². The lowest BCUT2D eigenvalue weighted by Crippen LogP contribution is -2.50. The Morgan fingerprint density at radius 3 is 2.50 bits per heavy atom. The van der Waals surface area contributed by atoms with Crippen LogP contribution in [0.1, 0.15) is 0 Å². The van der Waals surface area contributed by atoms with Gasteiger partial charge in [0.2, 0.25) is 15.9 Å². The van der Waals surface area contributed by atoms with Crippen LogP contribution >= 0.6 is 22.9 Å². The van der Waals surface area contributed by atoms with E-state index >= 15 is 0 Å². The summed E-state index contributed by atoms with van der Waals surface area (Å²) in [5, 5.41) is 3.35. The van der Waals surface area contributed by atoms with E-state index in [1.165, 1.54) is 15.6 Å². The van der Waals surface area contributed by atoms with Crippen LogP contribution in [0.4, 0.5) is 0 Å². The summed E-state index contributed by atoms with van der Waals surface area (Å²) in [5.74, 6) is -0.207. The number of carbonyl (C=O) groups excluding carboxylic acids is 1. The van der Waals surface area contributed by atoms with Gasteiger partial charge < -0.3 is 4.90 Å². The van der Waals surface area contributed by atoms with Crippen LogP contribution < -0.4 is 0 Å². The molecule has 1 aliphatic rings. The minimum Gasteiger partial charge on any atom is -0.339 e. The average molecular weight is 309 g/mol. The summed E-state index contributed by atoms with van der Waals surface area (Å²) < 4.78 is 25.8. The number of halogens is 1. The van der Waals surface area contributed by atoms with Crippen molar-refractivity contribution < 1.29 is 13.2 Å². The monoisotopic (exact) mass is 308 g/mol. The largest absolute Gasteiger partial charge is 0.339 e. The van der Waals surface area contributed by atoms with Crippen molar-refractivity contribution in [2.24, 2.45) is 0 Å². The highest BCUT2D eigenvalue weighted by molar-refractivity contribution is 7.89. The van der Waals surface area contributed by atoms with Crippen LogP contribution in [-0.4, -0.2) is 55.6 Å². The molecule has 8 heteroatoms. The number of piperazine rings is 1. The molecule has 0 bridgehead atoms. The van der Waals surface area contributed by atoms with Gasteiger partial charge in [-0.25, -0.2) is 8.42 Å². The first kappa shape index (κ1) is 13.8. The summed E-state index contributed by atoms with van der Waals surface area (Å²) in [5.41, 5.74) is 0. The maximum Gasteiger partial charge on any atom is 0.244 e. The first-order valence-corrected chi connectivity index (χ1v) is 8.33. The molecular weight excluding hydrogens is 296 g/mol. The van der Waals surface area contributed by atoms with Gasteiger partial charge >= 0.3 is 0 Å². The second-order valence-electron chi connectivity index (χ2n) is 3.88. The van der Waals surface area contributed by atoms with Gasteiger partial charge in [-0.3, -0.25) is 4.79 Å². The fourth-order valence-electron chi connectivity index (χ4n) is 1.81. The molecule has 0 aliphatic carbocycles. The summed E-state index contributed by atoms with van der Waals surface area (Å²) >= 11 is 6.82. The lowest BCUT2D eigenvalue weighted by molar-refractivity contribution is -0.129. The standard InChI is InChI=1S/C10H13ClN2O3S2/c11-7-10(14)12-2-4-13(5-3-12)18(15,16)9-1-6-17-8-9/h1,6,8H,2-5,7H2. The number of sulfonamides is 1. The van der Waals surface area contributed by atoms with Gasteiger partial charge in [-0.05, 0) is 11.4 Å². The van der Waals surface area contributed by atoms with E-state index in [0.717, 1.165) is 0 Å². The molecule has 1 fully saturated rings. The quantitative estimate of drug-likeness (QED) is 0.777. The second-order valence-corrected chi connectivity index (χ2v) is 6.86. The topological polar surface area (TPSA) is 57.7 Å². The van der Waals surface area contributed by atoms with E-state index < -0.39 is 10.0 Å². The number of alkyl halides is 1. The Bertz CT molecular complexity index is 507. The van der Waals surface area contributed by atoms with Crippen LogP contribution in [0, 0.1) is 0 Å². The molecule has 2 rings (SSSR count). The average Bonchev–Trinajstić information content (AvgIpc) is 2.92. The summed E-state index contributed by atoms with van der Waals surface area (Å²) in [6.45, 7) is 1.44. The molecule has 2 heterocycles. The van der Waals surface area contributed by atoms with Crippen molar-refractivity contribution in [2.45, 2.75) is 4.90 Å². The third kappa shape index (κ3) is 2.69. The Morgan fingerprint density at radius 2 is 2.00 bits per heavy atom. The molecule has 1 saturated heterocycles. The molecule has 0 spiro atoms. The fraction of sp³-hybridized carbons (Fsp3) is 0.500. The Labute approximate surface area is 115 Å². The predicted molar refractivity (Wildman–Crippen MR) is 70.4 cm³/mol. The van der Waals surface area contributed by atoms with Gasteiger partial charge in [-0.15, -0.1) is 11.6 Å². The number of nitrogens with zero attached hydrogens (tertiary/aromatic N) is 2. The van der Waals surface area contributed by atoms with Crippen molar-refractivity contribution in [2.75, 3.05) is 32.1 Å². The molecular formula is C10H13ClN2O3S2. The number of carbonyl (C=O) groups is 1. The zero-order valence-corrected chi connectivity index (χ0v) is 12.0. The number of rotatable bonds is 3. The first-order valence-electron chi connectivity index (χ1n) is 5.42. The number of amides is 1. The number of hydrogen-bond donors (Lipinski definition) is 0. The van der Waals surface area contributed by atoms with Crippen molar-refractivity contribution in [3.8, 4) is 0 Å². The molecule has 100 valence electrons. The summed E-state index contributed by atoms with van der Waals surface area (Å²) in [7, 11) is -3.40. The highest BCUT2D eigenvalue weighted by atomic mass is 35.5. The van der Waals surface area contributed by atoms with Crippen LogP contribution in [0.5, 0.6) is 0 Å². The van der Waals surface area contributed by atoms with Crippen LogP contribution in [0.3, 0.4) is 0 Å². The molecule has 1 aliphatic heterocycles. The molecule has 1 aromatic rings. The normalized spacial score (nSPS) is 17.9. The van der Waals surface area contributed by atoms with Gasteiger partial charge in [-0.2, -0.15) is 15.6 Å². The third-order valence-electron chi connectivity index (χ3n) is 2.84. The molecule has 0 unspecified atom stereocenters. The van der Waals surface area contributed by atoms with Gasteiger partial charge in [0.05, 0.1) is 4.90 Å². The van der Waals surface area contributed by atoms with Crippen molar-refractivity contribution >= 4 is 38.9 Å². The summed E-state index contributed by atoms with van der Waals surface area (Å²) in [6, 6.07) is 1.59. The highest BCUT2D eigenvalue weighted by Crippen LogP contribution is 2.19. The Kier molecular flexibility index (Phi) is 4.26. The molecule has 1 aromatic heterocycles. The zero-order valence-electron chi connectivity index (χ0n) is 9.58. The van der Waals surface area contributed by atoms with Gasteiger partial charge in [0.15, 0.2) is 0 Å². The van der Waals surface area contributed by atoms with Crippen LogP contribution in [0.2, 0.25) is 0 Å².